The van der Waals surface area contributed by atoms with Gasteiger partial charge in [0.1, 0.15) is 5.69 Å². The second-order valence-corrected chi connectivity index (χ2v) is 7.28. The third-order valence-electron chi connectivity index (χ3n) is 4.75. The van der Waals surface area contributed by atoms with Gasteiger partial charge in [-0.3, -0.25) is 14.7 Å². The van der Waals surface area contributed by atoms with Gasteiger partial charge in [-0.25, -0.2) is 4.98 Å². The number of hydrogen-bond donors (Lipinski definition) is 1. The highest BCUT2D eigenvalue weighted by atomic mass is 32.1. The van der Waals surface area contributed by atoms with Gasteiger partial charge in [0.25, 0.3) is 5.91 Å². The molecule has 4 heterocycles. The Morgan fingerprint density at radius 1 is 1.38 bits per heavy atom. The fourth-order valence-corrected chi connectivity index (χ4v) is 3.97. The number of thiophene rings is 1. The highest BCUT2D eigenvalue weighted by Crippen LogP contribution is 2.24. The molecule has 1 atom stereocenters. The quantitative estimate of drug-likeness (QED) is 0.717. The van der Waals surface area contributed by atoms with Crippen molar-refractivity contribution in [3.63, 3.8) is 0 Å². The molecule has 3 aromatic heterocycles. The number of H-pyrrole nitrogens is 1. The molecule has 0 bridgehead atoms. The van der Waals surface area contributed by atoms with Gasteiger partial charge < -0.3 is 9.47 Å². The zero-order valence-electron chi connectivity index (χ0n) is 14.4. The van der Waals surface area contributed by atoms with E-state index in [4.69, 9.17) is 0 Å². The van der Waals surface area contributed by atoms with E-state index < -0.39 is 0 Å². The van der Waals surface area contributed by atoms with Crippen LogP contribution in [0.15, 0.2) is 35.3 Å². The van der Waals surface area contributed by atoms with Gasteiger partial charge in [0.05, 0.1) is 5.69 Å². The zero-order chi connectivity index (χ0) is 18.1. The first kappa shape index (κ1) is 16.7. The highest BCUT2D eigenvalue weighted by Gasteiger charge is 2.31. The van der Waals surface area contributed by atoms with Crippen LogP contribution in [0.1, 0.15) is 33.9 Å². The topological polar surface area (TPSA) is 83.9 Å². The van der Waals surface area contributed by atoms with E-state index in [1.807, 2.05) is 23.9 Å². The van der Waals surface area contributed by atoms with Crippen LogP contribution in [0.25, 0.3) is 11.3 Å². The summed E-state index contributed by atoms with van der Waals surface area (Å²) in [4.78, 5) is 31.4. The van der Waals surface area contributed by atoms with Crippen LogP contribution in [0.5, 0.6) is 0 Å². The van der Waals surface area contributed by atoms with E-state index >= 15 is 0 Å². The Balaban J connectivity index is 1.48. The summed E-state index contributed by atoms with van der Waals surface area (Å²) >= 11 is 1.59. The number of carbonyl (C=O) groups excluding carboxylic acids is 2. The Hall–Kier alpha value is -2.74. The lowest BCUT2D eigenvalue weighted by atomic mass is 9.93. The molecule has 0 aliphatic carbocycles. The summed E-state index contributed by atoms with van der Waals surface area (Å²) in [5.41, 5.74) is 2.20. The number of carbonyl (C=O) groups is 2. The summed E-state index contributed by atoms with van der Waals surface area (Å²) in [5.74, 6) is 0.119. The fourth-order valence-electron chi connectivity index (χ4n) is 3.32. The summed E-state index contributed by atoms with van der Waals surface area (Å²) in [6.45, 7) is 1.06. The number of likely N-dealkylation sites (tertiary alicyclic amines) is 1. The van der Waals surface area contributed by atoms with Gasteiger partial charge in [-0.1, -0.05) is 0 Å². The van der Waals surface area contributed by atoms with Crippen LogP contribution in [0.3, 0.4) is 0 Å². The molecule has 3 aromatic rings. The molecular weight excluding hydrogens is 350 g/mol. The van der Waals surface area contributed by atoms with Gasteiger partial charge in [-0.15, -0.1) is 0 Å². The maximum Gasteiger partial charge on any atom is 0.271 e. The van der Waals surface area contributed by atoms with Crippen LogP contribution in [-0.4, -0.2) is 49.4 Å². The monoisotopic (exact) mass is 369 g/mol. The number of rotatable bonds is 4. The standard InChI is InChI=1S/C18H19N5O2S/c1-22-7-5-19-17(22)16(24)12-3-2-6-23(10-12)18(25)15-9-14(20-21-15)13-4-8-26-11-13/h4-5,7-9,11-12H,2-3,6,10H2,1H3,(H,20,21)/t12-/m1/s1. The lowest BCUT2D eigenvalue weighted by Gasteiger charge is -2.31. The normalized spacial score (nSPS) is 17.4. The number of aromatic amines is 1. The minimum Gasteiger partial charge on any atom is -0.337 e. The molecule has 8 heteroatoms. The van der Waals surface area contributed by atoms with Crippen molar-refractivity contribution < 1.29 is 9.59 Å². The zero-order valence-corrected chi connectivity index (χ0v) is 15.2. The second kappa shape index (κ2) is 6.87. The number of nitrogens with one attached hydrogen (secondary N) is 1. The first-order valence-corrected chi connectivity index (χ1v) is 9.46. The smallest absolute Gasteiger partial charge is 0.271 e. The number of aryl methyl sites for hydroxylation is 1. The first-order valence-electron chi connectivity index (χ1n) is 8.52. The third kappa shape index (κ3) is 3.08. The Morgan fingerprint density at radius 2 is 2.27 bits per heavy atom. The van der Waals surface area contributed by atoms with Gasteiger partial charge in [0, 0.05) is 49.4 Å². The Kier molecular flexibility index (Phi) is 4.42. The van der Waals surface area contributed by atoms with Crippen LogP contribution in [-0.2, 0) is 7.05 Å². The minimum atomic E-state index is -0.215. The lowest BCUT2D eigenvalue weighted by molar-refractivity contribution is 0.0628. The van der Waals surface area contributed by atoms with Crippen molar-refractivity contribution in [1.82, 2.24) is 24.6 Å². The van der Waals surface area contributed by atoms with E-state index in [0.717, 1.165) is 24.1 Å². The van der Waals surface area contributed by atoms with Crippen molar-refractivity contribution >= 4 is 23.0 Å². The molecule has 0 aromatic carbocycles. The molecule has 0 unspecified atom stereocenters. The summed E-state index contributed by atoms with van der Waals surface area (Å²) in [7, 11) is 1.81. The number of piperidine rings is 1. The van der Waals surface area contributed by atoms with E-state index in [9.17, 15) is 9.59 Å². The SMILES string of the molecule is Cn1ccnc1C(=O)[C@@H]1CCCN(C(=O)c2cc(-c3ccsc3)n[nH]2)C1. The largest absolute Gasteiger partial charge is 0.337 e. The third-order valence-corrected chi connectivity index (χ3v) is 5.43. The van der Waals surface area contributed by atoms with Gasteiger partial charge >= 0.3 is 0 Å². The van der Waals surface area contributed by atoms with Gasteiger partial charge in [0.15, 0.2) is 5.82 Å². The number of imidazole rings is 1. The van der Waals surface area contributed by atoms with E-state index in [0.29, 0.717) is 24.6 Å². The van der Waals surface area contributed by atoms with Crippen molar-refractivity contribution in [3.05, 3.63) is 46.8 Å². The molecule has 1 aliphatic heterocycles. The van der Waals surface area contributed by atoms with Crippen molar-refractivity contribution in [3.8, 4) is 11.3 Å². The number of ketones is 1. The summed E-state index contributed by atoms with van der Waals surface area (Å²) in [6, 6.07) is 3.74. The van der Waals surface area contributed by atoms with Crippen molar-refractivity contribution in [2.24, 2.45) is 13.0 Å². The van der Waals surface area contributed by atoms with Crippen molar-refractivity contribution in [1.29, 1.82) is 0 Å². The Bertz CT molecular complexity index is 927. The molecule has 134 valence electrons. The van der Waals surface area contributed by atoms with Gasteiger partial charge in [-0.05, 0) is 30.4 Å². The molecule has 1 saturated heterocycles. The lowest BCUT2D eigenvalue weighted by Crippen LogP contribution is -2.42. The second-order valence-electron chi connectivity index (χ2n) is 6.50. The number of aromatic nitrogens is 4. The predicted octanol–water partition coefficient (Wildman–Crippen LogP) is 2.61. The molecule has 0 saturated carbocycles. The predicted molar refractivity (Wildman–Crippen MR) is 98.1 cm³/mol. The maximum atomic E-state index is 12.8. The van der Waals surface area contributed by atoms with Crippen molar-refractivity contribution in [2.75, 3.05) is 13.1 Å². The molecule has 1 aliphatic rings. The molecule has 1 N–H and O–H groups in total. The molecular formula is C18H19N5O2S. The molecule has 1 fully saturated rings. The maximum absolute atomic E-state index is 12.8. The number of nitrogens with zero attached hydrogens (tertiary/aromatic N) is 4. The average Bonchev–Trinajstić information content (AvgIpc) is 3.41. The molecule has 26 heavy (non-hydrogen) atoms. The first-order chi connectivity index (χ1) is 12.6. The molecule has 1 amide bonds. The number of hydrogen-bond acceptors (Lipinski definition) is 5. The van der Waals surface area contributed by atoms with Crippen LogP contribution in [0.2, 0.25) is 0 Å². The minimum absolute atomic E-state index is 0.00132. The van der Waals surface area contributed by atoms with E-state index in [1.165, 1.54) is 0 Å². The average molecular weight is 369 g/mol. The molecule has 7 nitrogen and oxygen atoms in total. The highest BCUT2D eigenvalue weighted by molar-refractivity contribution is 7.08. The summed E-state index contributed by atoms with van der Waals surface area (Å²) < 4.78 is 1.73. The van der Waals surface area contributed by atoms with Crippen LogP contribution < -0.4 is 0 Å². The molecule has 0 radical (unpaired) electrons. The van der Waals surface area contributed by atoms with E-state index in [1.54, 1.807) is 39.3 Å². The van der Waals surface area contributed by atoms with Crippen LogP contribution in [0.4, 0.5) is 0 Å². The summed E-state index contributed by atoms with van der Waals surface area (Å²) in [6.07, 6.45) is 4.96. The fraction of sp³-hybridized carbons (Fsp3) is 0.333. The Labute approximate surface area is 154 Å². The van der Waals surface area contributed by atoms with Crippen molar-refractivity contribution in [2.45, 2.75) is 12.8 Å². The van der Waals surface area contributed by atoms with Gasteiger partial charge in [0.2, 0.25) is 5.78 Å². The number of amides is 1. The van der Waals surface area contributed by atoms with E-state index in [2.05, 4.69) is 15.2 Å². The van der Waals surface area contributed by atoms with E-state index in [-0.39, 0.29) is 17.6 Å². The summed E-state index contributed by atoms with van der Waals surface area (Å²) in [5, 5.41) is 11.0. The van der Waals surface area contributed by atoms with Gasteiger partial charge in [-0.2, -0.15) is 16.4 Å². The molecule has 0 spiro atoms. The number of Topliss-reactive ketones (excluding diaryl/α,β-unsaturated/α-hetero) is 1. The van der Waals surface area contributed by atoms with Crippen LogP contribution in [0, 0.1) is 5.92 Å². The van der Waals surface area contributed by atoms with Crippen LogP contribution >= 0.6 is 11.3 Å². The molecule has 4 rings (SSSR count). The Morgan fingerprint density at radius 3 is 3.00 bits per heavy atom.